The van der Waals surface area contributed by atoms with Gasteiger partial charge in [0, 0.05) is 10.0 Å². The summed E-state index contributed by atoms with van der Waals surface area (Å²) in [6.07, 6.45) is 0. The summed E-state index contributed by atoms with van der Waals surface area (Å²) in [6.45, 7) is 1.81. The van der Waals surface area contributed by atoms with Crippen molar-refractivity contribution in [1.82, 2.24) is 5.32 Å². The van der Waals surface area contributed by atoms with Crippen molar-refractivity contribution >= 4 is 39.4 Å². The fraction of sp³-hybridized carbons (Fsp3) is 0.385. The number of carboxylic acids is 1. The van der Waals surface area contributed by atoms with Crippen LogP contribution in [0.4, 0.5) is 0 Å². The molecular weight excluding hydrogens is 350 g/mol. The molecule has 20 heavy (non-hydrogen) atoms. The number of amides is 1. The minimum absolute atomic E-state index is 0.0778. The van der Waals surface area contributed by atoms with Crippen LogP contribution in [0.3, 0.4) is 0 Å². The summed E-state index contributed by atoms with van der Waals surface area (Å²) in [5.74, 6) is -1.36. The van der Waals surface area contributed by atoms with Gasteiger partial charge in [0.15, 0.2) is 0 Å². The van der Waals surface area contributed by atoms with Gasteiger partial charge in [-0.1, -0.05) is 11.6 Å². The van der Waals surface area contributed by atoms with E-state index in [2.05, 4.69) is 21.2 Å². The van der Waals surface area contributed by atoms with Crippen molar-refractivity contribution in [2.45, 2.75) is 13.0 Å². The lowest BCUT2D eigenvalue weighted by Crippen LogP contribution is -2.49. The second-order valence-electron chi connectivity index (χ2n) is 4.89. The Labute approximate surface area is 129 Å². The molecule has 1 saturated heterocycles. The molecule has 1 amide bonds. The van der Waals surface area contributed by atoms with Gasteiger partial charge in [-0.2, -0.15) is 0 Å². The summed E-state index contributed by atoms with van der Waals surface area (Å²) < 4.78 is 5.87. The summed E-state index contributed by atoms with van der Waals surface area (Å²) in [4.78, 5) is 23.4. The first-order chi connectivity index (χ1) is 9.34. The molecule has 0 saturated carbocycles. The van der Waals surface area contributed by atoms with Gasteiger partial charge in [0.05, 0.1) is 24.3 Å². The Kier molecular flexibility index (Phi) is 4.36. The predicted molar refractivity (Wildman–Crippen MR) is 77.0 cm³/mol. The van der Waals surface area contributed by atoms with Gasteiger partial charge in [0.2, 0.25) is 0 Å². The molecule has 2 N–H and O–H groups in total. The Morgan fingerprint density at radius 2 is 2.25 bits per heavy atom. The van der Waals surface area contributed by atoms with Crippen molar-refractivity contribution in [3.05, 3.63) is 33.3 Å². The largest absolute Gasteiger partial charge is 0.481 e. The first kappa shape index (κ1) is 15.3. The van der Waals surface area contributed by atoms with E-state index >= 15 is 0 Å². The van der Waals surface area contributed by atoms with Gasteiger partial charge in [-0.05, 0) is 41.1 Å². The van der Waals surface area contributed by atoms with Gasteiger partial charge in [-0.3, -0.25) is 9.59 Å². The Morgan fingerprint density at radius 1 is 1.55 bits per heavy atom. The van der Waals surface area contributed by atoms with Crippen molar-refractivity contribution in [3.8, 4) is 0 Å². The minimum Gasteiger partial charge on any atom is -0.481 e. The van der Waals surface area contributed by atoms with E-state index in [1.54, 1.807) is 19.1 Å². The SMILES string of the molecule is CC1(C(=O)O)COCC1NC(=O)c1ccc(Br)c(Cl)c1. The summed E-state index contributed by atoms with van der Waals surface area (Å²) in [7, 11) is 0. The van der Waals surface area contributed by atoms with Gasteiger partial charge in [0.25, 0.3) is 5.91 Å². The number of hydrogen-bond donors (Lipinski definition) is 2. The first-order valence-corrected chi connectivity index (χ1v) is 7.09. The van der Waals surface area contributed by atoms with E-state index < -0.39 is 17.4 Å². The highest BCUT2D eigenvalue weighted by atomic mass is 79.9. The average molecular weight is 363 g/mol. The molecule has 5 nitrogen and oxygen atoms in total. The normalized spacial score (nSPS) is 25.4. The van der Waals surface area contributed by atoms with Crippen molar-refractivity contribution in [2.75, 3.05) is 13.2 Å². The quantitative estimate of drug-likeness (QED) is 0.865. The third kappa shape index (κ3) is 2.82. The van der Waals surface area contributed by atoms with E-state index in [0.29, 0.717) is 15.1 Å². The molecule has 2 unspecified atom stereocenters. The van der Waals surface area contributed by atoms with E-state index in [1.165, 1.54) is 6.07 Å². The standard InChI is InChI=1S/C13H13BrClNO4/c1-13(12(18)19)6-20-5-10(13)16-11(17)7-2-3-8(14)9(15)4-7/h2-4,10H,5-6H2,1H3,(H,16,17)(H,18,19). The number of aliphatic carboxylic acids is 1. The smallest absolute Gasteiger partial charge is 0.313 e. The number of nitrogens with one attached hydrogen (secondary N) is 1. The van der Waals surface area contributed by atoms with Crippen LogP contribution < -0.4 is 5.32 Å². The van der Waals surface area contributed by atoms with E-state index in [-0.39, 0.29) is 19.1 Å². The average Bonchev–Trinajstić information content (AvgIpc) is 2.75. The Bertz CT molecular complexity index is 565. The summed E-state index contributed by atoms with van der Waals surface area (Å²) in [6, 6.07) is 4.22. The number of halogens is 2. The number of rotatable bonds is 3. The zero-order valence-corrected chi connectivity index (χ0v) is 13.0. The summed E-state index contributed by atoms with van der Waals surface area (Å²) in [5, 5.41) is 12.4. The first-order valence-electron chi connectivity index (χ1n) is 5.91. The van der Waals surface area contributed by atoms with Crippen LogP contribution in [0.5, 0.6) is 0 Å². The van der Waals surface area contributed by atoms with Gasteiger partial charge in [-0.15, -0.1) is 0 Å². The number of carboxylic acid groups (broad SMARTS) is 1. The topological polar surface area (TPSA) is 75.6 Å². The molecule has 0 aliphatic carbocycles. The molecule has 0 radical (unpaired) electrons. The number of carbonyl (C=O) groups is 2. The van der Waals surface area contributed by atoms with E-state index in [9.17, 15) is 14.7 Å². The van der Waals surface area contributed by atoms with E-state index in [4.69, 9.17) is 16.3 Å². The second kappa shape index (κ2) is 5.71. The highest BCUT2D eigenvalue weighted by Gasteiger charge is 2.47. The molecule has 1 aromatic carbocycles. The molecule has 2 atom stereocenters. The zero-order valence-electron chi connectivity index (χ0n) is 10.7. The fourth-order valence-corrected chi connectivity index (χ4v) is 2.39. The Balaban J connectivity index is 2.15. The molecule has 0 aromatic heterocycles. The lowest BCUT2D eigenvalue weighted by Gasteiger charge is -2.25. The van der Waals surface area contributed by atoms with Crippen molar-refractivity contribution in [2.24, 2.45) is 5.41 Å². The molecule has 1 aliphatic rings. The monoisotopic (exact) mass is 361 g/mol. The molecule has 7 heteroatoms. The lowest BCUT2D eigenvalue weighted by atomic mass is 9.85. The third-order valence-corrected chi connectivity index (χ3v) is 4.66. The molecule has 1 aromatic rings. The maximum atomic E-state index is 12.1. The van der Waals surface area contributed by atoms with Crippen LogP contribution in [-0.4, -0.2) is 36.2 Å². The fourth-order valence-electron chi connectivity index (χ4n) is 1.96. The molecule has 0 spiro atoms. The van der Waals surface area contributed by atoms with Gasteiger partial charge in [-0.25, -0.2) is 0 Å². The van der Waals surface area contributed by atoms with Crippen LogP contribution in [-0.2, 0) is 9.53 Å². The Hall–Kier alpha value is -1.11. The molecule has 1 aliphatic heterocycles. The predicted octanol–water partition coefficient (Wildman–Crippen LogP) is 2.32. The highest BCUT2D eigenvalue weighted by molar-refractivity contribution is 9.10. The lowest BCUT2D eigenvalue weighted by molar-refractivity contribution is -0.148. The van der Waals surface area contributed by atoms with Crippen LogP contribution in [0, 0.1) is 5.41 Å². The molecule has 0 bridgehead atoms. The van der Waals surface area contributed by atoms with Crippen LogP contribution in [0.25, 0.3) is 0 Å². The number of ether oxygens (including phenoxy) is 1. The third-order valence-electron chi connectivity index (χ3n) is 3.43. The molecule has 108 valence electrons. The van der Waals surface area contributed by atoms with Gasteiger partial charge in [0.1, 0.15) is 5.41 Å². The maximum Gasteiger partial charge on any atom is 0.313 e. The zero-order chi connectivity index (χ0) is 14.9. The number of carbonyl (C=O) groups excluding carboxylic acids is 1. The van der Waals surface area contributed by atoms with Crippen LogP contribution in [0.2, 0.25) is 5.02 Å². The van der Waals surface area contributed by atoms with Gasteiger partial charge >= 0.3 is 5.97 Å². The summed E-state index contributed by atoms with van der Waals surface area (Å²) >= 11 is 9.18. The molecule has 1 heterocycles. The van der Waals surface area contributed by atoms with Crippen LogP contribution in [0.15, 0.2) is 22.7 Å². The second-order valence-corrected chi connectivity index (χ2v) is 6.15. The Morgan fingerprint density at radius 3 is 2.85 bits per heavy atom. The highest BCUT2D eigenvalue weighted by Crippen LogP contribution is 2.29. The molecular formula is C13H13BrClNO4. The van der Waals surface area contributed by atoms with Crippen molar-refractivity contribution < 1.29 is 19.4 Å². The number of hydrogen-bond acceptors (Lipinski definition) is 3. The van der Waals surface area contributed by atoms with Crippen LogP contribution >= 0.6 is 27.5 Å². The molecule has 2 rings (SSSR count). The van der Waals surface area contributed by atoms with E-state index in [1.807, 2.05) is 0 Å². The summed E-state index contributed by atoms with van der Waals surface area (Å²) in [5.41, 5.74) is -0.743. The maximum absolute atomic E-state index is 12.1. The van der Waals surface area contributed by atoms with Crippen LogP contribution in [0.1, 0.15) is 17.3 Å². The number of benzene rings is 1. The minimum atomic E-state index is -1.12. The van der Waals surface area contributed by atoms with Crippen molar-refractivity contribution in [3.63, 3.8) is 0 Å². The molecule has 1 fully saturated rings. The van der Waals surface area contributed by atoms with Gasteiger partial charge < -0.3 is 15.2 Å². The van der Waals surface area contributed by atoms with E-state index in [0.717, 1.165) is 0 Å². The van der Waals surface area contributed by atoms with Crippen molar-refractivity contribution in [1.29, 1.82) is 0 Å².